The number of pyridine rings is 1. The molecule has 154 valence electrons. The predicted molar refractivity (Wildman–Crippen MR) is 109 cm³/mol. The molecule has 1 aliphatic heterocycles. The number of amides is 1. The van der Waals surface area contributed by atoms with Crippen molar-refractivity contribution in [2.45, 2.75) is 5.92 Å². The lowest BCUT2D eigenvalue weighted by molar-refractivity contribution is 0.0993. The number of benzene rings is 2. The van der Waals surface area contributed by atoms with E-state index < -0.39 is 17.6 Å². The zero-order valence-electron chi connectivity index (χ0n) is 16.1. The third-order valence-electron chi connectivity index (χ3n) is 4.96. The van der Waals surface area contributed by atoms with Gasteiger partial charge in [0.05, 0.1) is 11.6 Å². The van der Waals surface area contributed by atoms with E-state index >= 15 is 0 Å². The van der Waals surface area contributed by atoms with Crippen molar-refractivity contribution in [2.24, 2.45) is 5.73 Å². The van der Waals surface area contributed by atoms with Crippen LogP contribution in [0.25, 0.3) is 5.69 Å². The molecule has 4 aromatic rings. The molecule has 31 heavy (non-hydrogen) atoms. The van der Waals surface area contributed by atoms with Crippen LogP contribution < -0.4 is 21.0 Å². The Morgan fingerprint density at radius 2 is 1.87 bits per heavy atom. The van der Waals surface area contributed by atoms with E-state index in [-0.39, 0.29) is 18.1 Å². The first-order chi connectivity index (χ1) is 15.1. The Kier molecular flexibility index (Phi) is 4.47. The Bertz CT molecular complexity index is 1330. The molecule has 0 aliphatic carbocycles. The van der Waals surface area contributed by atoms with E-state index in [9.17, 15) is 9.59 Å². The van der Waals surface area contributed by atoms with Gasteiger partial charge < -0.3 is 15.2 Å². The Morgan fingerprint density at radius 3 is 2.68 bits per heavy atom. The third-order valence-corrected chi connectivity index (χ3v) is 4.96. The summed E-state index contributed by atoms with van der Waals surface area (Å²) in [6.45, 7) is 0.0557. The number of aromatic nitrogens is 3. The summed E-state index contributed by atoms with van der Waals surface area (Å²) in [4.78, 5) is 28.9. The molecule has 1 aliphatic rings. The molecule has 3 heterocycles. The first-order valence-corrected chi connectivity index (χ1v) is 9.46. The van der Waals surface area contributed by atoms with Gasteiger partial charge in [-0.15, -0.1) is 0 Å². The second-order valence-electron chi connectivity index (χ2n) is 6.82. The van der Waals surface area contributed by atoms with Gasteiger partial charge in [-0.2, -0.15) is 0 Å². The van der Waals surface area contributed by atoms with Crippen molar-refractivity contribution in [1.82, 2.24) is 14.7 Å². The van der Waals surface area contributed by atoms with Crippen LogP contribution in [-0.2, 0) is 0 Å². The van der Waals surface area contributed by atoms with Gasteiger partial charge in [-0.25, -0.2) is 9.36 Å². The zero-order chi connectivity index (χ0) is 21.4. The van der Waals surface area contributed by atoms with Crippen LogP contribution >= 0.6 is 0 Å². The molecule has 1 amide bonds. The van der Waals surface area contributed by atoms with Crippen molar-refractivity contribution in [3.8, 4) is 22.9 Å². The summed E-state index contributed by atoms with van der Waals surface area (Å²) in [5.74, 6) is -0.498. The van der Waals surface area contributed by atoms with Crippen molar-refractivity contribution in [3.63, 3.8) is 0 Å². The third kappa shape index (κ3) is 3.21. The summed E-state index contributed by atoms with van der Waals surface area (Å²) in [6.07, 6.45) is 1.43. The average Bonchev–Trinajstić information content (AvgIpc) is 3.07. The van der Waals surface area contributed by atoms with Gasteiger partial charge in [-0.05, 0) is 30.3 Å². The maximum Gasteiger partial charge on any atom is 0.446 e. The molecule has 1 atom stereocenters. The van der Waals surface area contributed by atoms with Gasteiger partial charge >= 0.3 is 5.76 Å². The van der Waals surface area contributed by atoms with Crippen LogP contribution in [0.15, 0.2) is 76.2 Å². The molecule has 5 rings (SSSR count). The van der Waals surface area contributed by atoms with Gasteiger partial charge in [0.1, 0.15) is 29.5 Å². The number of carbonyl (C=O) groups excluding carboxylic acids is 1. The molecule has 0 spiro atoms. The van der Waals surface area contributed by atoms with Crippen molar-refractivity contribution in [2.75, 3.05) is 6.61 Å². The van der Waals surface area contributed by atoms with E-state index in [2.05, 4.69) is 10.1 Å². The van der Waals surface area contributed by atoms with E-state index in [4.69, 9.17) is 19.7 Å². The van der Waals surface area contributed by atoms with Crippen LogP contribution in [-0.4, -0.2) is 27.2 Å². The van der Waals surface area contributed by atoms with Crippen molar-refractivity contribution < 1.29 is 18.8 Å². The predicted octanol–water partition coefficient (Wildman–Crippen LogP) is 2.64. The van der Waals surface area contributed by atoms with Gasteiger partial charge in [0.2, 0.25) is 0 Å². The number of para-hydroxylation sites is 3. The lowest BCUT2D eigenvalue weighted by Crippen LogP contribution is -2.23. The van der Waals surface area contributed by atoms with E-state index in [0.717, 1.165) is 0 Å². The Hall–Kier alpha value is -4.40. The molecule has 0 unspecified atom stereocenters. The minimum absolute atomic E-state index is 0.00464. The summed E-state index contributed by atoms with van der Waals surface area (Å²) in [5, 5.41) is 3.98. The molecule has 2 aromatic heterocycles. The van der Waals surface area contributed by atoms with Gasteiger partial charge in [-0.3, -0.25) is 14.3 Å². The Labute approximate surface area is 175 Å². The van der Waals surface area contributed by atoms with Crippen LogP contribution in [0.3, 0.4) is 0 Å². The highest BCUT2D eigenvalue weighted by atomic mass is 16.5. The molecular formula is C22H16N4O5. The highest BCUT2D eigenvalue weighted by Crippen LogP contribution is 2.39. The number of nitrogens with two attached hydrogens (primary N) is 1. The van der Waals surface area contributed by atoms with E-state index in [1.807, 2.05) is 18.2 Å². The zero-order valence-corrected chi connectivity index (χ0v) is 16.1. The largest absolute Gasteiger partial charge is 0.490 e. The quantitative estimate of drug-likeness (QED) is 0.542. The first kappa shape index (κ1) is 18.6. The second kappa shape index (κ2) is 7.45. The highest BCUT2D eigenvalue weighted by molar-refractivity contribution is 5.93. The fraction of sp³-hybridized carbons (Fsp3) is 0.0909. The average molecular weight is 416 g/mol. The summed E-state index contributed by atoms with van der Waals surface area (Å²) >= 11 is 0. The molecule has 0 radical (unpaired) electrons. The molecule has 2 aromatic carbocycles. The van der Waals surface area contributed by atoms with E-state index in [1.54, 1.807) is 42.5 Å². The SMILES string of the molecule is NC(=O)c1nccc(Oc2ccccc2)c1[C@H]1COc2ccccc2-n2c1noc2=O. The number of rotatable bonds is 4. The number of hydrogen-bond acceptors (Lipinski definition) is 7. The normalized spacial score (nSPS) is 14.6. The Balaban J connectivity index is 1.71. The fourth-order valence-electron chi connectivity index (χ4n) is 3.62. The highest BCUT2D eigenvalue weighted by Gasteiger charge is 2.34. The minimum atomic E-state index is -0.743. The van der Waals surface area contributed by atoms with Gasteiger partial charge in [0.25, 0.3) is 5.91 Å². The number of ether oxygens (including phenoxy) is 2. The number of primary amides is 1. The van der Waals surface area contributed by atoms with Crippen LogP contribution in [0.2, 0.25) is 0 Å². The monoisotopic (exact) mass is 416 g/mol. The van der Waals surface area contributed by atoms with Gasteiger partial charge in [0, 0.05) is 11.8 Å². The van der Waals surface area contributed by atoms with Crippen LogP contribution in [0, 0.1) is 0 Å². The van der Waals surface area contributed by atoms with Crippen LogP contribution in [0.5, 0.6) is 17.2 Å². The van der Waals surface area contributed by atoms with Gasteiger partial charge in [0.15, 0.2) is 5.82 Å². The molecule has 9 nitrogen and oxygen atoms in total. The van der Waals surface area contributed by atoms with Crippen molar-refractivity contribution >= 4 is 5.91 Å². The Morgan fingerprint density at radius 1 is 1.10 bits per heavy atom. The lowest BCUT2D eigenvalue weighted by Gasteiger charge is -2.19. The van der Waals surface area contributed by atoms with Crippen LogP contribution in [0.4, 0.5) is 0 Å². The summed E-state index contributed by atoms with van der Waals surface area (Å²) in [5.41, 5.74) is 6.46. The molecule has 2 N–H and O–H groups in total. The number of carbonyl (C=O) groups is 1. The molecule has 0 saturated carbocycles. The molecule has 0 saturated heterocycles. The van der Waals surface area contributed by atoms with E-state index in [1.165, 1.54) is 10.8 Å². The molecular weight excluding hydrogens is 400 g/mol. The van der Waals surface area contributed by atoms with Crippen LogP contribution in [0.1, 0.15) is 27.8 Å². The number of nitrogens with zero attached hydrogens (tertiary/aromatic N) is 3. The smallest absolute Gasteiger partial charge is 0.446 e. The van der Waals surface area contributed by atoms with Gasteiger partial charge in [-0.1, -0.05) is 35.5 Å². The molecule has 9 heteroatoms. The molecule has 0 fully saturated rings. The topological polar surface area (TPSA) is 122 Å². The summed E-state index contributed by atoms with van der Waals surface area (Å²) in [7, 11) is 0. The maximum atomic E-state index is 12.5. The van der Waals surface area contributed by atoms with E-state index in [0.29, 0.717) is 28.5 Å². The maximum absolute atomic E-state index is 12.5. The summed E-state index contributed by atoms with van der Waals surface area (Å²) < 4.78 is 18.3. The fourth-order valence-corrected chi connectivity index (χ4v) is 3.62. The van der Waals surface area contributed by atoms with Crippen molar-refractivity contribution in [1.29, 1.82) is 0 Å². The summed E-state index contributed by atoms with van der Waals surface area (Å²) in [6, 6.07) is 17.7. The molecule has 0 bridgehead atoms. The first-order valence-electron chi connectivity index (χ1n) is 9.46. The number of fused-ring (bicyclic) bond motifs is 3. The minimum Gasteiger partial charge on any atom is -0.490 e. The number of hydrogen-bond donors (Lipinski definition) is 1. The standard InChI is InChI=1S/C22H16N4O5/c23-20(27)19-18(17(10-11-24-19)30-13-6-2-1-3-7-13)14-12-29-16-9-5-4-8-15(16)26-21(14)25-31-22(26)28/h1-11,14H,12H2,(H2,23,27)/t14-/m1/s1. The lowest BCUT2D eigenvalue weighted by atomic mass is 9.95. The van der Waals surface area contributed by atoms with Crippen molar-refractivity contribution in [3.05, 3.63) is 94.5 Å². The second-order valence-corrected chi connectivity index (χ2v) is 6.82.